The Morgan fingerprint density at radius 1 is 1.20 bits per heavy atom. The minimum absolute atomic E-state index is 0.231. The van der Waals surface area contributed by atoms with Crippen LogP contribution >= 0.6 is 11.8 Å². The quantitative estimate of drug-likeness (QED) is 0.846. The Labute approximate surface area is 151 Å². The number of halogens is 1. The van der Waals surface area contributed by atoms with Gasteiger partial charge >= 0.3 is 0 Å². The van der Waals surface area contributed by atoms with Crippen molar-refractivity contribution >= 4 is 17.7 Å². The molecule has 1 aliphatic heterocycles. The molecule has 2 atom stereocenters. The second kappa shape index (κ2) is 8.39. The van der Waals surface area contributed by atoms with E-state index in [0.717, 1.165) is 16.9 Å². The molecule has 1 saturated heterocycles. The average Bonchev–Trinajstić information content (AvgIpc) is 3.10. The number of amides is 1. The molecule has 2 aromatic rings. The number of nitrogens with zero attached hydrogens (tertiary/aromatic N) is 1. The van der Waals surface area contributed by atoms with E-state index in [1.165, 1.54) is 0 Å². The summed E-state index contributed by atoms with van der Waals surface area (Å²) in [6, 6.07) is 16.7. The average molecular weight is 359 g/mol. The highest BCUT2D eigenvalue weighted by molar-refractivity contribution is 8.00. The van der Waals surface area contributed by atoms with Crippen LogP contribution in [0.4, 0.5) is 4.39 Å². The van der Waals surface area contributed by atoms with Crippen molar-refractivity contribution in [2.75, 3.05) is 13.1 Å². The summed E-state index contributed by atoms with van der Waals surface area (Å²) >= 11 is 1.68. The van der Waals surface area contributed by atoms with E-state index in [2.05, 4.69) is 0 Å². The van der Waals surface area contributed by atoms with Crippen molar-refractivity contribution in [1.82, 2.24) is 4.90 Å². The highest BCUT2D eigenvalue weighted by Gasteiger charge is 2.31. The number of phenols is 1. The van der Waals surface area contributed by atoms with Crippen LogP contribution in [0.15, 0.2) is 59.5 Å². The lowest BCUT2D eigenvalue weighted by Gasteiger charge is -2.19. The molecule has 0 radical (unpaired) electrons. The van der Waals surface area contributed by atoms with Gasteiger partial charge in [0, 0.05) is 23.2 Å². The zero-order valence-corrected chi connectivity index (χ0v) is 14.8. The Kier molecular flexibility index (Phi) is 5.97. The van der Waals surface area contributed by atoms with Crippen molar-refractivity contribution in [3.63, 3.8) is 0 Å². The molecule has 0 bridgehead atoms. The van der Waals surface area contributed by atoms with Crippen LogP contribution in [0.25, 0.3) is 0 Å². The number of phenolic OH excluding ortho intramolecular Hbond substituents is 1. The van der Waals surface area contributed by atoms with Crippen LogP contribution in [0, 0.1) is 0 Å². The van der Waals surface area contributed by atoms with Crippen LogP contribution in [-0.2, 0) is 11.2 Å². The highest BCUT2D eigenvalue weighted by atomic mass is 32.2. The zero-order valence-electron chi connectivity index (χ0n) is 14.0. The summed E-state index contributed by atoms with van der Waals surface area (Å²) in [5.74, 6) is -0.143. The number of hydrogen-bond acceptors (Lipinski definition) is 3. The minimum atomic E-state index is -1.43. The predicted octanol–water partition coefficient (Wildman–Crippen LogP) is 4.06. The number of alkyl halides is 1. The van der Waals surface area contributed by atoms with Gasteiger partial charge in [0.2, 0.25) is 0 Å². The number of hydrogen-bond donors (Lipinski definition) is 1. The smallest absolute Gasteiger partial charge is 0.257 e. The molecule has 0 saturated carbocycles. The van der Waals surface area contributed by atoms with Crippen LogP contribution in [0.5, 0.6) is 5.75 Å². The first kappa shape index (κ1) is 17.8. The van der Waals surface area contributed by atoms with Crippen molar-refractivity contribution < 1.29 is 14.3 Å². The van der Waals surface area contributed by atoms with E-state index in [1.54, 1.807) is 28.8 Å². The number of aryl methyl sites for hydroxylation is 1. The van der Waals surface area contributed by atoms with Gasteiger partial charge in [-0.3, -0.25) is 4.79 Å². The lowest BCUT2D eigenvalue weighted by atomic mass is 10.1. The third kappa shape index (κ3) is 4.98. The van der Waals surface area contributed by atoms with Crippen molar-refractivity contribution in [2.45, 2.75) is 35.6 Å². The molecule has 1 aliphatic rings. The minimum Gasteiger partial charge on any atom is -0.508 e. The summed E-state index contributed by atoms with van der Waals surface area (Å²) in [7, 11) is 0. The molecule has 0 aliphatic carbocycles. The molecule has 5 heteroatoms. The Morgan fingerprint density at radius 3 is 2.64 bits per heavy atom. The molecule has 132 valence electrons. The first-order valence-electron chi connectivity index (χ1n) is 8.54. The zero-order chi connectivity index (χ0) is 17.6. The van der Waals surface area contributed by atoms with Crippen LogP contribution < -0.4 is 0 Å². The lowest BCUT2D eigenvalue weighted by molar-refractivity contribution is -0.135. The molecule has 1 unspecified atom stereocenters. The fourth-order valence-corrected chi connectivity index (χ4v) is 4.16. The predicted molar refractivity (Wildman–Crippen MR) is 98.6 cm³/mol. The van der Waals surface area contributed by atoms with E-state index >= 15 is 0 Å². The summed E-state index contributed by atoms with van der Waals surface area (Å²) in [6.45, 7) is 1.19. The van der Waals surface area contributed by atoms with Gasteiger partial charge < -0.3 is 10.0 Å². The van der Waals surface area contributed by atoms with Crippen molar-refractivity contribution in [2.24, 2.45) is 0 Å². The normalized spacial score (nSPS) is 18.3. The SMILES string of the molecule is O=C(C(F)CCc1ccccc1)N1CC[C@H](Sc2ccc(O)cc2)C1. The first-order chi connectivity index (χ1) is 12.1. The summed E-state index contributed by atoms with van der Waals surface area (Å²) in [5.41, 5.74) is 1.06. The number of rotatable bonds is 6. The van der Waals surface area contributed by atoms with Crippen LogP contribution in [0.2, 0.25) is 0 Å². The fourth-order valence-electron chi connectivity index (χ4n) is 3.00. The number of benzene rings is 2. The molecule has 1 fully saturated rings. The summed E-state index contributed by atoms with van der Waals surface area (Å²) in [4.78, 5) is 15.0. The van der Waals surface area contributed by atoms with E-state index in [4.69, 9.17) is 0 Å². The maximum Gasteiger partial charge on any atom is 0.257 e. The molecule has 25 heavy (non-hydrogen) atoms. The van der Waals surface area contributed by atoms with E-state index in [9.17, 15) is 14.3 Å². The molecule has 0 aromatic heterocycles. The van der Waals surface area contributed by atoms with Gasteiger partial charge in [-0.15, -0.1) is 11.8 Å². The van der Waals surface area contributed by atoms with Crippen molar-refractivity contribution in [3.8, 4) is 5.75 Å². The molecule has 0 spiro atoms. The van der Waals surface area contributed by atoms with Gasteiger partial charge in [0.05, 0.1) is 0 Å². The summed E-state index contributed by atoms with van der Waals surface area (Å²) in [6.07, 6.45) is 0.239. The number of carbonyl (C=O) groups excluding carboxylic acids is 1. The van der Waals surface area contributed by atoms with Crippen LogP contribution in [-0.4, -0.2) is 40.4 Å². The molecule has 2 aromatic carbocycles. The Hall–Kier alpha value is -2.01. The van der Waals surface area contributed by atoms with Gasteiger partial charge in [-0.2, -0.15) is 0 Å². The Morgan fingerprint density at radius 2 is 1.92 bits per heavy atom. The number of likely N-dealkylation sites (tertiary alicyclic amines) is 1. The topological polar surface area (TPSA) is 40.5 Å². The standard InChI is InChI=1S/C20H22FNO2S/c21-19(11-6-15-4-2-1-3-5-15)20(24)22-13-12-18(14-22)25-17-9-7-16(23)8-10-17/h1-5,7-10,18-19,23H,6,11-14H2/t18-,19?/m0/s1. The number of thioether (sulfide) groups is 1. The molecule has 3 nitrogen and oxygen atoms in total. The summed E-state index contributed by atoms with van der Waals surface area (Å²) in [5, 5.41) is 9.60. The number of aromatic hydroxyl groups is 1. The third-order valence-electron chi connectivity index (χ3n) is 4.39. The second-order valence-corrected chi connectivity index (χ2v) is 7.67. The molecule has 3 rings (SSSR count). The van der Waals surface area contributed by atoms with E-state index in [-0.39, 0.29) is 23.3 Å². The van der Waals surface area contributed by atoms with Gasteiger partial charge in [-0.25, -0.2) is 4.39 Å². The molecular weight excluding hydrogens is 337 g/mol. The Balaban J connectivity index is 1.47. The molecule has 1 heterocycles. The summed E-state index contributed by atoms with van der Waals surface area (Å²) < 4.78 is 14.3. The second-order valence-electron chi connectivity index (χ2n) is 6.30. The number of carbonyl (C=O) groups is 1. The van der Waals surface area contributed by atoms with Crippen molar-refractivity contribution in [1.29, 1.82) is 0 Å². The molecular formula is C20H22FNO2S. The van der Waals surface area contributed by atoms with Crippen LogP contribution in [0.1, 0.15) is 18.4 Å². The van der Waals surface area contributed by atoms with Crippen molar-refractivity contribution in [3.05, 3.63) is 60.2 Å². The largest absolute Gasteiger partial charge is 0.508 e. The monoisotopic (exact) mass is 359 g/mol. The van der Waals surface area contributed by atoms with E-state index < -0.39 is 6.17 Å². The fraction of sp³-hybridized carbons (Fsp3) is 0.350. The Bertz CT molecular complexity index is 693. The third-order valence-corrected chi connectivity index (χ3v) is 5.66. The van der Waals surface area contributed by atoms with E-state index in [0.29, 0.717) is 19.5 Å². The first-order valence-corrected chi connectivity index (χ1v) is 9.42. The van der Waals surface area contributed by atoms with Gasteiger partial charge in [-0.05, 0) is 49.1 Å². The van der Waals surface area contributed by atoms with E-state index in [1.807, 2.05) is 42.5 Å². The molecule has 1 N–H and O–H groups in total. The highest BCUT2D eigenvalue weighted by Crippen LogP contribution is 2.31. The van der Waals surface area contributed by atoms with Gasteiger partial charge in [0.15, 0.2) is 6.17 Å². The van der Waals surface area contributed by atoms with Gasteiger partial charge in [-0.1, -0.05) is 30.3 Å². The molecule has 1 amide bonds. The van der Waals surface area contributed by atoms with Gasteiger partial charge in [0.1, 0.15) is 5.75 Å². The van der Waals surface area contributed by atoms with Crippen LogP contribution in [0.3, 0.4) is 0 Å². The maximum atomic E-state index is 14.3. The maximum absolute atomic E-state index is 14.3. The lowest BCUT2D eigenvalue weighted by Crippen LogP contribution is -2.36. The van der Waals surface area contributed by atoms with Gasteiger partial charge in [0.25, 0.3) is 5.91 Å².